The molecule has 0 aliphatic rings. The summed E-state index contributed by atoms with van der Waals surface area (Å²) in [7, 11) is 0. The highest BCUT2D eigenvalue weighted by atomic mass is 16.2. The van der Waals surface area contributed by atoms with Gasteiger partial charge >= 0.3 is 0 Å². The Labute approximate surface area is 82.2 Å². The molecule has 1 N–H and O–H groups in total. The number of aliphatic hydroxyl groups is 1. The first-order valence-electron chi connectivity index (χ1n) is 5.06. The summed E-state index contributed by atoms with van der Waals surface area (Å²) in [4.78, 5) is 0. The Balaban J connectivity index is 3.46. The Hall–Kier alpha value is -0.560. The zero-order valence-electron chi connectivity index (χ0n) is 9.09. The van der Waals surface area contributed by atoms with Crippen molar-refractivity contribution in [3.63, 3.8) is 0 Å². The fraction of sp³-hybridized carbons (Fsp3) is 0.667. The van der Waals surface area contributed by atoms with Gasteiger partial charge in [0.2, 0.25) is 0 Å². The van der Waals surface area contributed by atoms with Crippen LogP contribution in [0.1, 0.15) is 40.0 Å². The van der Waals surface area contributed by atoms with Crippen molar-refractivity contribution < 1.29 is 5.11 Å². The number of hydrogen-bond acceptors (Lipinski definition) is 1. The molecule has 0 rings (SSSR count). The molecule has 0 aromatic rings. The van der Waals surface area contributed by atoms with E-state index in [0.717, 1.165) is 12.3 Å². The van der Waals surface area contributed by atoms with Crippen molar-refractivity contribution in [2.75, 3.05) is 6.61 Å². The SMILES string of the molecule is CC(C)=CCCC(C)CC=CCO. The van der Waals surface area contributed by atoms with Crippen molar-refractivity contribution in [1.29, 1.82) is 0 Å². The molecule has 1 atom stereocenters. The van der Waals surface area contributed by atoms with Gasteiger partial charge in [-0.05, 0) is 39.0 Å². The number of rotatable bonds is 6. The quantitative estimate of drug-likeness (QED) is 0.625. The number of hydrogen-bond donors (Lipinski definition) is 1. The minimum Gasteiger partial charge on any atom is -0.392 e. The predicted octanol–water partition coefficient (Wildman–Crippen LogP) is 3.31. The average Bonchev–Trinajstić information content (AvgIpc) is 2.04. The number of allylic oxidation sites excluding steroid dienone is 3. The normalized spacial score (nSPS) is 13.2. The van der Waals surface area contributed by atoms with Gasteiger partial charge in [-0.2, -0.15) is 0 Å². The molecule has 0 radical (unpaired) electrons. The second-order valence-corrected chi connectivity index (χ2v) is 3.85. The third-order valence-corrected chi connectivity index (χ3v) is 2.02. The van der Waals surface area contributed by atoms with Crippen molar-refractivity contribution >= 4 is 0 Å². The first kappa shape index (κ1) is 12.4. The highest BCUT2D eigenvalue weighted by Crippen LogP contribution is 2.11. The van der Waals surface area contributed by atoms with Crippen LogP contribution in [0.25, 0.3) is 0 Å². The van der Waals surface area contributed by atoms with Crippen LogP contribution in [0, 0.1) is 5.92 Å². The van der Waals surface area contributed by atoms with Crippen LogP contribution >= 0.6 is 0 Å². The summed E-state index contributed by atoms with van der Waals surface area (Å²) < 4.78 is 0. The van der Waals surface area contributed by atoms with E-state index in [0.29, 0.717) is 0 Å². The molecule has 13 heavy (non-hydrogen) atoms. The van der Waals surface area contributed by atoms with Gasteiger partial charge in [0.15, 0.2) is 0 Å². The second-order valence-electron chi connectivity index (χ2n) is 3.85. The van der Waals surface area contributed by atoms with Gasteiger partial charge in [-0.25, -0.2) is 0 Å². The van der Waals surface area contributed by atoms with E-state index in [9.17, 15) is 0 Å². The second kappa shape index (κ2) is 8.06. The minimum atomic E-state index is 0.167. The maximum atomic E-state index is 8.53. The lowest BCUT2D eigenvalue weighted by atomic mass is 10.0. The van der Waals surface area contributed by atoms with Gasteiger partial charge in [0.05, 0.1) is 6.61 Å². The van der Waals surface area contributed by atoms with E-state index in [1.165, 1.54) is 18.4 Å². The highest BCUT2D eigenvalue weighted by Gasteiger charge is 1.97. The van der Waals surface area contributed by atoms with Gasteiger partial charge < -0.3 is 5.11 Å². The van der Waals surface area contributed by atoms with E-state index in [4.69, 9.17) is 5.11 Å². The molecule has 1 heteroatoms. The van der Waals surface area contributed by atoms with Gasteiger partial charge in [0.1, 0.15) is 0 Å². The van der Waals surface area contributed by atoms with Crippen molar-refractivity contribution in [3.05, 3.63) is 23.8 Å². The molecule has 0 aliphatic heterocycles. The fourth-order valence-corrected chi connectivity index (χ4v) is 1.18. The van der Waals surface area contributed by atoms with E-state index in [1.807, 2.05) is 6.08 Å². The predicted molar refractivity (Wildman–Crippen MR) is 58.7 cm³/mol. The van der Waals surface area contributed by atoms with E-state index >= 15 is 0 Å². The van der Waals surface area contributed by atoms with Crippen molar-refractivity contribution in [1.82, 2.24) is 0 Å². The highest BCUT2D eigenvalue weighted by molar-refractivity contribution is 4.93. The first-order chi connectivity index (χ1) is 6.16. The standard InChI is InChI=1S/C12H22O/c1-11(2)7-6-9-12(3)8-4-5-10-13/h4-5,7,12-13H,6,8-10H2,1-3H3. The van der Waals surface area contributed by atoms with Crippen LogP contribution in [-0.4, -0.2) is 11.7 Å². The maximum absolute atomic E-state index is 8.53. The van der Waals surface area contributed by atoms with Crippen LogP contribution in [0.15, 0.2) is 23.8 Å². The lowest BCUT2D eigenvalue weighted by Gasteiger charge is -2.05. The van der Waals surface area contributed by atoms with Crippen LogP contribution in [0.5, 0.6) is 0 Å². The van der Waals surface area contributed by atoms with Crippen molar-refractivity contribution in [3.8, 4) is 0 Å². The van der Waals surface area contributed by atoms with Gasteiger partial charge in [-0.3, -0.25) is 0 Å². The largest absolute Gasteiger partial charge is 0.392 e. The smallest absolute Gasteiger partial charge is 0.0612 e. The van der Waals surface area contributed by atoms with E-state index in [2.05, 4.69) is 32.9 Å². The van der Waals surface area contributed by atoms with Crippen LogP contribution in [0.3, 0.4) is 0 Å². The Morgan fingerprint density at radius 1 is 1.31 bits per heavy atom. The Bertz CT molecular complexity index is 164. The Morgan fingerprint density at radius 3 is 2.54 bits per heavy atom. The zero-order valence-corrected chi connectivity index (χ0v) is 9.09. The summed E-state index contributed by atoms with van der Waals surface area (Å²) in [5.74, 6) is 0.721. The van der Waals surface area contributed by atoms with Crippen LogP contribution in [0.4, 0.5) is 0 Å². The third-order valence-electron chi connectivity index (χ3n) is 2.02. The third kappa shape index (κ3) is 9.35. The summed E-state index contributed by atoms with van der Waals surface area (Å²) in [5, 5.41) is 8.53. The molecule has 0 aliphatic carbocycles. The molecule has 0 heterocycles. The van der Waals surface area contributed by atoms with Crippen LogP contribution < -0.4 is 0 Å². The van der Waals surface area contributed by atoms with Crippen LogP contribution in [0.2, 0.25) is 0 Å². The monoisotopic (exact) mass is 182 g/mol. The summed E-state index contributed by atoms with van der Waals surface area (Å²) in [6.45, 7) is 6.69. The molecule has 0 saturated carbocycles. The molecule has 0 aromatic heterocycles. The molecule has 0 amide bonds. The van der Waals surface area contributed by atoms with Crippen molar-refractivity contribution in [2.24, 2.45) is 5.92 Å². The molecule has 0 spiro atoms. The van der Waals surface area contributed by atoms with E-state index in [1.54, 1.807) is 0 Å². The first-order valence-corrected chi connectivity index (χ1v) is 5.06. The van der Waals surface area contributed by atoms with Crippen molar-refractivity contribution in [2.45, 2.75) is 40.0 Å². The van der Waals surface area contributed by atoms with Gasteiger partial charge in [0.25, 0.3) is 0 Å². The Kier molecular flexibility index (Phi) is 7.71. The maximum Gasteiger partial charge on any atom is 0.0612 e. The molecule has 0 aromatic carbocycles. The van der Waals surface area contributed by atoms with Gasteiger partial charge in [-0.1, -0.05) is 30.7 Å². The molecular formula is C12H22O. The molecule has 0 bridgehead atoms. The zero-order chi connectivity index (χ0) is 10.1. The number of aliphatic hydroxyl groups excluding tert-OH is 1. The summed E-state index contributed by atoms with van der Waals surface area (Å²) in [5.41, 5.74) is 1.40. The molecular weight excluding hydrogens is 160 g/mol. The molecule has 1 unspecified atom stereocenters. The fourth-order valence-electron chi connectivity index (χ4n) is 1.18. The molecule has 0 fully saturated rings. The molecule has 76 valence electrons. The van der Waals surface area contributed by atoms with Gasteiger partial charge in [0, 0.05) is 0 Å². The lowest BCUT2D eigenvalue weighted by molar-refractivity contribution is 0.342. The van der Waals surface area contributed by atoms with Crippen LogP contribution in [-0.2, 0) is 0 Å². The Morgan fingerprint density at radius 2 is 2.00 bits per heavy atom. The average molecular weight is 182 g/mol. The molecule has 1 nitrogen and oxygen atoms in total. The van der Waals surface area contributed by atoms with E-state index in [-0.39, 0.29) is 6.61 Å². The summed E-state index contributed by atoms with van der Waals surface area (Å²) in [6, 6.07) is 0. The van der Waals surface area contributed by atoms with Gasteiger partial charge in [-0.15, -0.1) is 0 Å². The lowest BCUT2D eigenvalue weighted by Crippen LogP contribution is -1.91. The summed E-state index contributed by atoms with van der Waals surface area (Å²) in [6.07, 6.45) is 9.66. The minimum absolute atomic E-state index is 0.167. The topological polar surface area (TPSA) is 20.2 Å². The summed E-state index contributed by atoms with van der Waals surface area (Å²) >= 11 is 0. The molecule has 0 saturated heterocycles. The van der Waals surface area contributed by atoms with E-state index < -0.39 is 0 Å².